The Morgan fingerprint density at radius 1 is 0.302 bits per heavy atom. The zero-order valence-corrected chi connectivity index (χ0v) is 55.1. The molecule has 0 aliphatic carbocycles. The fraction of sp³-hybridized carbons (Fsp3) is 0.139. The van der Waals surface area contributed by atoms with E-state index in [0.29, 0.717) is 26.1 Å². The van der Waals surface area contributed by atoms with Crippen LogP contribution in [0.4, 0.5) is 0 Å². The summed E-state index contributed by atoms with van der Waals surface area (Å²) in [6, 6.07) is 66.2. The minimum atomic E-state index is -0.0880. The maximum absolute atomic E-state index is 10.4. The number of nitrogens with one attached hydrogen (secondary N) is 4. The van der Waals surface area contributed by atoms with Crippen LogP contribution in [0, 0.1) is 0 Å². The predicted octanol–water partition coefficient (Wildman–Crippen LogP) is 17.7. The number of fused-ring (bicyclic) bond motifs is 18. The Kier molecular flexibility index (Phi) is 24.9. The van der Waals surface area contributed by atoms with Crippen molar-refractivity contribution in [3.63, 3.8) is 0 Å². The number of nitrogens with zero attached hydrogens (tertiary/aromatic N) is 4. The van der Waals surface area contributed by atoms with Gasteiger partial charge >= 0.3 is 11.9 Å². The Balaban J connectivity index is 0.000000158. The molecule has 12 nitrogen and oxygen atoms in total. The second-order valence-electron chi connectivity index (χ2n) is 19.6. The average Bonchev–Trinajstić information content (AvgIpc) is 4.44. The summed E-state index contributed by atoms with van der Waals surface area (Å²) in [5.74, 6) is -0.176. The van der Waals surface area contributed by atoms with Gasteiger partial charge in [0.15, 0.2) is 0 Å². The molecule has 6 aromatic heterocycles. The molecule has 0 unspecified atom stereocenters. The SMILES string of the molecule is C1=Cc2cc3ccc(cc4ccc(cc5nc(cc1n2)C=C5)[nH]4)[nH]3.C1=Cc2cc3ccc(cc4ccc(cc5nc(cc1n2)C=C5)[nH]4)[nH]3.CCCC(=O)OCC.CCCC(=O)OCC.[Zn].[Zn].c1ccc2ccccc2c1.c1ccc2ccccc2c1. The number of ether oxygens (including phenoxy) is 2. The molecule has 10 heterocycles. The molecule has 4 aliphatic heterocycles. The summed E-state index contributed by atoms with van der Waals surface area (Å²) < 4.78 is 9.29. The zero-order chi connectivity index (χ0) is 58.3. The van der Waals surface area contributed by atoms with E-state index in [0.717, 1.165) is 103 Å². The molecule has 0 fully saturated rings. The normalized spacial score (nSPS) is 11.0. The van der Waals surface area contributed by atoms with Gasteiger partial charge in [0.1, 0.15) is 0 Å². The van der Waals surface area contributed by atoms with Crippen molar-refractivity contribution >= 4 is 126 Å². The molecular formula is C72H68N8O4Zn2. The van der Waals surface area contributed by atoms with Gasteiger partial charge in [-0.25, -0.2) is 19.9 Å². The van der Waals surface area contributed by atoms with Gasteiger partial charge in [-0.05, 0) is 194 Å². The summed E-state index contributed by atoms with van der Waals surface area (Å²) >= 11 is 0. The second kappa shape index (κ2) is 33.3. The van der Waals surface area contributed by atoms with Crippen LogP contribution in [0.15, 0.2) is 194 Å². The Morgan fingerprint density at radius 2 is 0.500 bits per heavy atom. The number of hydrogen-bond donors (Lipinski definition) is 4. The van der Waals surface area contributed by atoms with Gasteiger partial charge in [-0.2, -0.15) is 0 Å². The average molecular weight is 1240 g/mol. The number of rotatable bonds is 6. The molecule has 4 N–H and O–H groups in total. The fourth-order valence-corrected chi connectivity index (χ4v) is 9.03. The fourth-order valence-electron chi connectivity index (χ4n) is 9.03. The Labute approximate surface area is 526 Å². The molecule has 14 rings (SSSR count). The van der Waals surface area contributed by atoms with Crippen molar-refractivity contribution in [3.8, 4) is 0 Å². The van der Waals surface area contributed by atoms with Crippen LogP contribution in [-0.2, 0) is 58.0 Å². The summed E-state index contributed by atoms with van der Waals surface area (Å²) in [7, 11) is 0. The molecule has 0 amide bonds. The monoisotopic (exact) mass is 1240 g/mol. The molecule has 10 aromatic rings. The number of carbonyl (C=O) groups excluding carboxylic acids is 2. The largest absolute Gasteiger partial charge is 0.466 e. The number of benzene rings is 4. The molecule has 0 radical (unpaired) electrons. The van der Waals surface area contributed by atoms with Crippen molar-refractivity contribution < 1.29 is 58.0 Å². The zero-order valence-electron chi connectivity index (χ0n) is 49.2. The summed E-state index contributed by atoms with van der Waals surface area (Å²) in [5, 5.41) is 5.24. The predicted molar refractivity (Wildman–Crippen MR) is 349 cm³/mol. The van der Waals surface area contributed by atoms with Crippen LogP contribution in [-0.4, -0.2) is 65.0 Å². The molecule has 86 heavy (non-hydrogen) atoms. The van der Waals surface area contributed by atoms with Crippen LogP contribution in [0.3, 0.4) is 0 Å². The van der Waals surface area contributed by atoms with Crippen LogP contribution >= 0.6 is 0 Å². The quantitative estimate of drug-likeness (QED) is 0.0943. The van der Waals surface area contributed by atoms with E-state index in [-0.39, 0.29) is 50.9 Å². The molecular weight excluding hydrogens is 1170 g/mol. The Morgan fingerprint density at radius 3 is 0.698 bits per heavy atom. The van der Waals surface area contributed by atoms with Crippen LogP contribution in [0.1, 0.15) is 98.9 Å². The third-order valence-corrected chi connectivity index (χ3v) is 12.9. The van der Waals surface area contributed by atoms with Crippen molar-refractivity contribution in [1.82, 2.24) is 39.9 Å². The molecule has 14 heteroatoms. The van der Waals surface area contributed by atoms with Crippen LogP contribution in [0.5, 0.6) is 0 Å². The standard InChI is InChI=1S/2C20H14N4.2C10H8.2C6H12O2.2Zn/c2*1-2-14-10-16-5-6-18(23-16)12-20-8-7-19(24-20)11-17-4-3-15(22-17)9-13(1)21-14;2*1-2-6-10-8-4-3-7-9(10)5-1;2*1-3-5-6(7)8-4-2;;/h2*1-12,21-22H;2*1-8H;2*3-5H2,1-2H3;;. The number of hydrogen-bond acceptors (Lipinski definition) is 8. The summed E-state index contributed by atoms with van der Waals surface area (Å²) in [4.78, 5) is 52.9. The van der Waals surface area contributed by atoms with Gasteiger partial charge in [0.05, 0.1) is 58.8 Å². The molecule has 0 atom stereocenters. The number of esters is 2. The third-order valence-electron chi connectivity index (χ3n) is 12.9. The van der Waals surface area contributed by atoms with Crippen molar-refractivity contribution in [3.05, 3.63) is 240 Å². The van der Waals surface area contributed by atoms with E-state index in [9.17, 15) is 9.59 Å². The van der Waals surface area contributed by atoms with E-state index in [1.165, 1.54) is 21.5 Å². The van der Waals surface area contributed by atoms with Crippen LogP contribution in [0.2, 0.25) is 0 Å². The molecule has 424 valence electrons. The topological polar surface area (TPSA) is 167 Å². The summed E-state index contributed by atoms with van der Waals surface area (Å²) in [6.45, 7) is 8.53. The van der Waals surface area contributed by atoms with Crippen molar-refractivity contribution in [2.75, 3.05) is 13.2 Å². The smallest absolute Gasteiger partial charge is 0.305 e. The Bertz CT molecular complexity index is 3760. The first-order chi connectivity index (χ1) is 41.1. The minimum absolute atomic E-state index is 0. The van der Waals surface area contributed by atoms with Gasteiger partial charge in [0, 0.05) is 95.9 Å². The summed E-state index contributed by atoms with van der Waals surface area (Å²) in [5.41, 5.74) is 15.7. The first-order valence-corrected chi connectivity index (χ1v) is 28.4. The first-order valence-electron chi connectivity index (χ1n) is 28.4. The van der Waals surface area contributed by atoms with Gasteiger partial charge in [-0.3, -0.25) is 9.59 Å². The molecule has 4 aromatic carbocycles. The van der Waals surface area contributed by atoms with E-state index < -0.39 is 0 Å². The first kappa shape index (κ1) is 64.4. The summed E-state index contributed by atoms with van der Waals surface area (Å²) in [6.07, 6.45) is 18.9. The van der Waals surface area contributed by atoms with E-state index in [1.54, 1.807) is 0 Å². The van der Waals surface area contributed by atoms with Gasteiger partial charge in [0.2, 0.25) is 0 Å². The van der Waals surface area contributed by atoms with E-state index in [4.69, 9.17) is 0 Å². The van der Waals surface area contributed by atoms with E-state index in [2.05, 4.69) is 207 Å². The molecule has 0 spiro atoms. The van der Waals surface area contributed by atoms with Gasteiger partial charge in [-0.15, -0.1) is 0 Å². The Hall–Kier alpha value is -9.21. The van der Waals surface area contributed by atoms with Gasteiger partial charge in [0.25, 0.3) is 0 Å². The number of H-pyrrole nitrogens is 4. The van der Waals surface area contributed by atoms with Crippen molar-refractivity contribution in [2.24, 2.45) is 0 Å². The van der Waals surface area contributed by atoms with Gasteiger partial charge < -0.3 is 29.4 Å². The molecule has 4 aliphatic rings. The second-order valence-corrected chi connectivity index (χ2v) is 19.6. The number of carbonyl (C=O) groups is 2. The van der Waals surface area contributed by atoms with Crippen LogP contribution in [0.25, 0.3) is 114 Å². The molecule has 0 saturated heterocycles. The molecule has 16 bridgehead atoms. The van der Waals surface area contributed by atoms with Crippen molar-refractivity contribution in [1.29, 1.82) is 0 Å². The van der Waals surface area contributed by atoms with Crippen LogP contribution < -0.4 is 0 Å². The maximum Gasteiger partial charge on any atom is 0.305 e. The van der Waals surface area contributed by atoms with Gasteiger partial charge in [-0.1, -0.05) is 111 Å². The van der Waals surface area contributed by atoms with E-state index >= 15 is 0 Å². The molecule has 0 saturated carbocycles. The van der Waals surface area contributed by atoms with E-state index in [1.807, 2.05) is 113 Å². The van der Waals surface area contributed by atoms with Crippen molar-refractivity contribution in [2.45, 2.75) is 53.4 Å². The number of aromatic amines is 4. The maximum atomic E-state index is 10.4. The third kappa shape index (κ3) is 20.0. The number of aromatic nitrogens is 8. The minimum Gasteiger partial charge on any atom is -0.466 e.